The van der Waals surface area contributed by atoms with Crippen LogP contribution >= 0.6 is 11.6 Å². The summed E-state index contributed by atoms with van der Waals surface area (Å²) in [6, 6.07) is 14.0. The molecule has 0 fully saturated rings. The molecule has 0 radical (unpaired) electrons. The SMILES string of the molecule is COCCOC(=O)C(=O)N[C@H](Cc1ccc(-c2ccccc2)c(Cl)c1)C[C@@H](O)C(=O)O. The number of benzene rings is 2. The third-order valence-electron chi connectivity index (χ3n) is 4.43. The number of hydrogen-bond acceptors (Lipinski definition) is 6. The average Bonchev–Trinajstić information content (AvgIpc) is 2.74. The fraction of sp³-hybridized carbons (Fsp3) is 0.318. The number of rotatable bonds is 10. The average molecular weight is 450 g/mol. The molecule has 31 heavy (non-hydrogen) atoms. The first-order valence-electron chi connectivity index (χ1n) is 9.53. The van der Waals surface area contributed by atoms with Gasteiger partial charge in [-0.25, -0.2) is 9.59 Å². The Morgan fingerprint density at radius 3 is 2.42 bits per heavy atom. The second-order valence-corrected chi connectivity index (χ2v) is 7.18. The molecule has 0 spiro atoms. The lowest BCUT2D eigenvalue weighted by atomic mass is 9.97. The van der Waals surface area contributed by atoms with Gasteiger partial charge in [-0.05, 0) is 23.6 Å². The number of carboxylic acids is 1. The van der Waals surface area contributed by atoms with Crippen LogP contribution in [-0.4, -0.2) is 60.5 Å². The maximum absolute atomic E-state index is 12.1. The van der Waals surface area contributed by atoms with Gasteiger partial charge in [-0.1, -0.05) is 54.1 Å². The summed E-state index contributed by atoms with van der Waals surface area (Å²) in [5.74, 6) is -3.59. The molecule has 0 bridgehead atoms. The molecule has 166 valence electrons. The molecule has 2 atom stereocenters. The molecule has 3 N–H and O–H groups in total. The van der Waals surface area contributed by atoms with Crippen LogP contribution in [0.5, 0.6) is 0 Å². The summed E-state index contributed by atoms with van der Waals surface area (Å²) in [4.78, 5) is 35.0. The van der Waals surface area contributed by atoms with Gasteiger partial charge in [-0.2, -0.15) is 0 Å². The highest BCUT2D eigenvalue weighted by molar-refractivity contribution is 6.33. The minimum atomic E-state index is -1.71. The van der Waals surface area contributed by atoms with E-state index in [1.54, 1.807) is 12.1 Å². The number of aliphatic hydroxyl groups is 1. The molecule has 0 aliphatic rings. The highest BCUT2D eigenvalue weighted by Crippen LogP contribution is 2.29. The van der Waals surface area contributed by atoms with Crippen LogP contribution in [-0.2, 0) is 30.3 Å². The molecule has 0 aliphatic carbocycles. The summed E-state index contributed by atoms with van der Waals surface area (Å²) >= 11 is 6.41. The van der Waals surface area contributed by atoms with Crippen LogP contribution in [0.15, 0.2) is 48.5 Å². The molecule has 8 nitrogen and oxygen atoms in total. The molecule has 9 heteroatoms. The fourth-order valence-corrected chi connectivity index (χ4v) is 3.23. The van der Waals surface area contributed by atoms with Crippen LogP contribution in [0.1, 0.15) is 12.0 Å². The Hall–Kier alpha value is -2.94. The van der Waals surface area contributed by atoms with Crippen molar-refractivity contribution in [2.75, 3.05) is 20.3 Å². The van der Waals surface area contributed by atoms with Crippen LogP contribution in [0.2, 0.25) is 5.02 Å². The van der Waals surface area contributed by atoms with Crippen molar-refractivity contribution in [3.8, 4) is 11.1 Å². The van der Waals surface area contributed by atoms with Gasteiger partial charge in [0.1, 0.15) is 6.61 Å². The lowest BCUT2D eigenvalue weighted by Gasteiger charge is -2.20. The number of halogens is 1. The number of nitrogens with one attached hydrogen (secondary N) is 1. The van der Waals surface area contributed by atoms with Gasteiger partial charge in [0.2, 0.25) is 0 Å². The summed E-state index contributed by atoms with van der Waals surface area (Å²) < 4.78 is 9.50. The number of amides is 1. The standard InChI is InChI=1S/C22H24ClNO7/c1-30-9-10-31-22(29)20(26)24-16(13-19(25)21(27)28)11-14-7-8-17(18(23)12-14)15-5-3-2-4-6-15/h2-8,12,16,19,25H,9-11,13H2,1H3,(H,24,26)(H,27,28)/t16-,19-/m1/s1. The van der Waals surface area contributed by atoms with Crippen molar-refractivity contribution in [3.05, 3.63) is 59.1 Å². The zero-order chi connectivity index (χ0) is 22.8. The number of carbonyl (C=O) groups is 3. The maximum Gasteiger partial charge on any atom is 0.396 e. The van der Waals surface area contributed by atoms with E-state index in [-0.39, 0.29) is 26.1 Å². The van der Waals surface area contributed by atoms with E-state index >= 15 is 0 Å². The number of hydrogen-bond donors (Lipinski definition) is 3. The minimum absolute atomic E-state index is 0.0955. The first-order valence-corrected chi connectivity index (χ1v) is 9.91. The number of ether oxygens (including phenoxy) is 2. The molecule has 2 aromatic carbocycles. The molecule has 0 unspecified atom stereocenters. The van der Waals surface area contributed by atoms with Gasteiger partial charge >= 0.3 is 17.8 Å². The van der Waals surface area contributed by atoms with E-state index in [2.05, 4.69) is 5.32 Å². The van der Waals surface area contributed by atoms with E-state index in [9.17, 15) is 19.5 Å². The third kappa shape index (κ3) is 7.67. The van der Waals surface area contributed by atoms with E-state index in [1.165, 1.54) is 7.11 Å². The smallest absolute Gasteiger partial charge is 0.396 e. The van der Waals surface area contributed by atoms with Crippen LogP contribution < -0.4 is 5.32 Å². The van der Waals surface area contributed by atoms with Crippen molar-refractivity contribution in [2.45, 2.75) is 25.0 Å². The third-order valence-corrected chi connectivity index (χ3v) is 4.75. The summed E-state index contributed by atoms with van der Waals surface area (Å²) in [5, 5.41) is 21.6. The van der Waals surface area contributed by atoms with Crippen molar-refractivity contribution >= 4 is 29.4 Å². The molecule has 0 saturated carbocycles. The molecule has 0 saturated heterocycles. The quantitative estimate of drug-likeness (QED) is 0.288. The van der Waals surface area contributed by atoms with E-state index in [4.69, 9.17) is 26.2 Å². The number of carbonyl (C=O) groups excluding carboxylic acids is 2. The Balaban J connectivity index is 2.13. The van der Waals surface area contributed by atoms with Crippen LogP contribution in [0.25, 0.3) is 11.1 Å². The lowest BCUT2D eigenvalue weighted by molar-refractivity contribution is -0.156. The molecule has 1 amide bonds. The van der Waals surface area contributed by atoms with Crippen molar-refractivity contribution in [1.82, 2.24) is 5.32 Å². The summed E-state index contributed by atoms with van der Waals surface area (Å²) in [5.41, 5.74) is 2.45. The lowest BCUT2D eigenvalue weighted by Crippen LogP contribution is -2.44. The van der Waals surface area contributed by atoms with Crippen LogP contribution in [0.4, 0.5) is 0 Å². The van der Waals surface area contributed by atoms with Gasteiger partial charge in [0.05, 0.1) is 6.61 Å². The molecular formula is C22H24ClNO7. The zero-order valence-corrected chi connectivity index (χ0v) is 17.7. The van der Waals surface area contributed by atoms with Crippen molar-refractivity contribution < 1.29 is 34.1 Å². The Morgan fingerprint density at radius 2 is 1.81 bits per heavy atom. The Bertz CT molecular complexity index is 904. The van der Waals surface area contributed by atoms with Gasteiger partial charge in [0.15, 0.2) is 6.10 Å². The number of carboxylic acid groups (broad SMARTS) is 1. The Morgan fingerprint density at radius 1 is 1.10 bits per heavy atom. The van der Waals surface area contributed by atoms with E-state index in [0.29, 0.717) is 10.6 Å². The highest BCUT2D eigenvalue weighted by atomic mass is 35.5. The molecule has 2 rings (SSSR count). The first kappa shape index (κ1) is 24.3. The predicted octanol–water partition coefficient (Wildman–Crippen LogP) is 2.06. The molecule has 2 aromatic rings. The minimum Gasteiger partial charge on any atom is -0.479 e. The fourth-order valence-electron chi connectivity index (χ4n) is 2.91. The van der Waals surface area contributed by atoms with E-state index in [0.717, 1.165) is 11.1 Å². The topological polar surface area (TPSA) is 122 Å². The molecule has 0 heterocycles. The Kier molecular flexibility index (Phi) is 9.45. The Labute approximate surface area is 184 Å². The normalized spacial score (nSPS) is 12.6. The first-order chi connectivity index (χ1) is 14.8. The number of aliphatic carboxylic acids is 1. The molecule has 0 aliphatic heterocycles. The van der Waals surface area contributed by atoms with Gasteiger partial charge in [0, 0.05) is 30.2 Å². The molecule has 0 aromatic heterocycles. The van der Waals surface area contributed by atoms with Gasteiger partial charge < -0.3 is 25.0 Å². The summed E-state index contributed by atoms with van der Waals surface area (Å²) in [6.07, 6.45) is -1.87. The number of esters is 1. The monoisotopic (exact) mass is 449 g/mol. The van der Waals surface area contributed by atoms with Gasteiger partial charge in [-0.15, -0.1) is 0 Å². The van der Waals surface area contributed by atoms with Crippen molar-refractivity contribution in [2.24, 2.45) is 0 Å². The largest absolute Gasteiger partial charge is 0.479 e. The van der Waals surface area contributed by atoms with E-state index in [1.807, 2.05) is 36.4 Å². The maximum atomic E-state index is 12.1. The van der Waals surface area contributed by atoms with Crippen LogP contribution in [0, 0.1) is 0 Å². The summed E-state index contributed by atoms with van der Waals surface area (Å²) in [6.45, 7) is 0.0359. The van der Waals surface area contributed by atoms with Crippen molar-refractivity contribution in [1.29, 1.82) is 0 Å². The number of aliphatic hydroxyl groups excluding tert-OH is 1. The predicted molar refractivity (Wildman–Crippen MR) is 114 cm³/mol. The second kappa shape index (κ2) is 12.0. The summed E-state index contributed by atoms with van der Waals surface area (Å²) in [7, 11) is 1.42. The van der Waals surface area contributed by atoms with Gasteiger partial charge in [0.25, 0.3) is 0 Å². The zero-order valence-electron chi connectivity index (χ0n) is 16.9. The van der Waals surface area contributed by atoms with Crippen LogP contribution in [0.3, 0.4) is 0 Å². The van der Waals surface area contributed by atoms with Gasteiger partial charge in [-0.3, -0.25) is 4.79 Å². The number of methoxy groups -OCH3 is 1. The van der Waals surface area contributed by atoms with Crippen molar-refractivity contribution in [3.63, 3.8) is 0 Å². The highest BCUT2D eigenvalue weighted by Gasteiger charge is 2.25. The van der Waals surface area contributed by atoms with E-state index < -0.39 is 30.0 Å². The second-order valence-electron chi connectivity index (χ2n) is 6.77. The molecular weight excluding hydrogens is 426 g/mol.